The minimum atomic E-state index is -0.594. The van der Waals surface area contributed by atoms with Gasteiger partial charge in [0.2, 0.25) is 0 Å². The predicted octanol–water partition coefficient (Wildman–Crippen LogP) is 5.82. The van der Waals surface area contributed by atoms with E-state index in [2.05, 4.69) is 16.7 Å². The Kier molecular flexibility index (Phi) is 8.80. The summed E-state index contributed by atoms with van der Waals surface area (Å²) in [6, 6.07) is 16.7. The number of fused-ring (bicyclic) bond motifs is 1. The van der Waals surface area contributed by atoms with E-state index in [0.717, 1.165) is 73.9 Å². The monoisotopic (exact) mass is 511 g/mol. The number of aliphatic hydroxyl groups is 1. The van der Waals surface area contributed by atoms with Crippen LogP contribution in [0.2, 0.25) is 5.02 Å². The molecule has 0 radical (unpaired) electrons. The van der Waals surface area contributed by atoms with Gasteiger partial charge in [-0.25, -0.2) is 0 Å². The summed E-state index contributed by atoms with van der Waals surface area (Å²) in [7, 11) is 1.61. The molecule has 1 aliphatic rings. The molecule has 192 valence electrons. The highest BCUT2D eigenvalue weighted by Crippen LogP contribution is 2.35. The Morgan fingerprint density at radius 3 is 2.44 bits per heavy atom. The summed E-state index contributed by atoms with van der Waals surface area (Å²) in [5, 5.41) is 24.9. The van der Waals surface area contributed by atoms with Crippen molar-refractivity contribution in [1.29, 1.82) is 0 Å². The maximum absolute atomic E-state index is 11.5. The molecule has 3 aromatic carbocycles. The van der Waals surface area contributed by atoms with E-state index in [0.29, 0.717) is 10.8 Å². The number of rotatable bonds is 10. The van der Waals surface area contributed by atoms with Crippen molar-refractivity contribution in [2.45, 2.75) is 44.9 Å². The molecule has 1 saturated heterocycles. The van der Waals surface area contributed by atoms with Crippen LogP contribution in [0, 0.1) is 10.1 Å². The van der Waals surface area contributed by atoms with E-state index in [-0.39, 0.29) is 16.7 Å². The number of nitro benzene ring substituents is 1. The molecule has 2 atom stereocenters. The Hall–Kier alpha value is -2.71. The summed E-state index contributed by atoms with van der Waals surface area (Å²) >= 11 is 6.49. The molecule has 4 rings (SSSR count). The van der Waals surface area contributed by atoms with Crippen molar-refractivity contribution in [3.8, 4) is 5.75 Å². The maximum atomic E-state index is 11.5. The van der Waals surface area contributed by atoms with Gasteiger partial charge in [0, 0.05) is 56.3 Å². The zero-order valence-corrected chi connectivity index (χ0v) is 21.7. The molecule has 1 aliphatic heterocycles. The molecule has 36 heavy (non-hydrogen) atoms. The third-order valence-electron chi connectivity index (χ3n) is 7.15. The van der Waals surface area contributed by atoms with E-state index < -0.39 is 6.10 Å². The molecule has 1 fully saturated rings. The van der Waals surface area contributed by atoms with Crippen LogP contribution in [-0.4, -0.2) is 59.2 Å². The fourth-order valence-electron chi connectivity index (χ4n) is 5.04. The lowest BCUT2D eigenvalue weighted by atomic mass is 9.94. The second-order valence-electron chi connectivity index (χ2n) is 9.45. The number of piperazine rings is 1. The number of methoxy groups -OCH3 is 1. The normalized spacial score (nSPS) is 16.7. The van der Waals surface area contributed by atoms with E-state index in [1.165, 1.54) is 0 Å². The molecule has 0 aliphatic carbocycles. The topological polar surface area (TPSA) is 79.1 Å². The largest absolute Gasteiger partial charge is 0.495 e. The fraction of sp³-hybridized carbons (Fsp3) is 0.429. The van der Waals surface area contributed by atoms with Crippen LogP contribution < -0.4 is 4.74 Å². The van der Waals surface area contributed by atoms with Gasteiger partial charge in [-0.1, -0.05) is 61.7 Å². The van der Waals surface area contributed by atoms with Gasteiger partial charge in [-0.05, 0) is 35.1 Å². The maximum Gasteiger partial charge on any atom is 0.269 e. The molecule has 0 spiro atoms. The van der Waals surface area contributed by atoms with Crippen molar-refractivity contribution in [3.05, 3.63) is 80.9 Å². The van der Waals surface area contributed by atoms with E-state index in [9.17, 15) is 15.2 Å². The molecule has 3 aromatic rings. The van der Waals surface area contributed by atoms with E-state index in [4.69, 9.17) is 16.3 Å². The van der Waals surface area contributed by atoms with Crippen molar-refractivity contribution >= 4 is 28.1 Å². The van der Waals surface area contributed by atoms with Gasteiger partial charge in [0.25, 0.3) is 5.69 Å². The number of halogens is 1. The van der Waals surface area contributed by atoms with Crippen molar-refractivity contribution < 1.29 is 14.8 Å². The Morgan fingerprint density at radius 2 is 1.81 bits per heavy atom. The van der Waals surface area contributed by atoms with Crippen LogP contribution in [0.3, 0.4) is 0 Å². The third kappa shape index (κ3) is 5.98. The predicted molar refractivity (Wildman–Crippen MR) is 144 cm³/mol. The van der Waals surface area contributed by atoms with Gasteiger partial charge in [-0.2, -0.15) is 0 Å². The Morgan fingerprint density at radius 1 is 1.08 bits per heavy atom. The van der Waals surface area contributed by atoms with Crippen LogP contribution in [0.25, 0.3) is 10.8 Å². The van der Waals surface area contributed by atoms with Crippen molar-refractivity contribution in [2.75, 3.05) is 33.3 Å². The molecule has 8 heteroatoms. The van der Waals surface area contributed by atoms with E-state index in [1.807, 2.05) is 42.5 Å². The molecule has 0 amide bonds. The van der Waals surface area contributed by atoms with Crippen molar-refractivity contribution in [2.24, 2.45) is 0 Å². The van der Waals surface area contributed by atoms with Crippen LogP contribution in [0.5, 0.6) is 5.75 Å². The number of hydrogen-bond acceptors (Lipinski definition) is 6. The number of aliphatic hydroxyl groups excluding tert-OH is 1. The SMILES string of the molecule is CCCCC(C(O)c1ccc2c(Cl)c(OC)ccc2c1)N1CCN(Cc2ccc([N+](=O)[O-])cc2)CC1. The van der Waals surface area contributed by atoms with Gasteiger partial charge in [-0.3, -0.25) is 19.9 Å². The van der Waals surface area contributed by atoms with Crippen LogP contribution >= 0.6 is 11.6 Å². The first kappa shape index (κ1) is 26.4. The molecule has 2 unspecified atom stereocenters. The highest BCUT2D eigenvalue weighted by Gasteiger charge is 2.30. The van der Waals surface area contributed by atoms with Gasteiger partial charge in [0.05, 0.1) is 23.2 Å². The summed E-state index contributed by atoms with van der Waals surface area (Å²) in [6.45, 7) is 6.46. The number of benzene rings is 3. The first-order chi connectivity index (χ1) is 17.4. The molecule has 1 heterocycles. The second-order valence-corrected chi connectivity index (χ2v) is 9.83. The number of nitro groups is 1. The molecule has 7 nitrogen and oxygen atoms in total. The van der Waals surface area contributed by atoms with Crippen molar-refractivity contribution in [3.63, 3.8) is 0 Å². The highest BCUT2D eigenvalue weighted by molar-refractivity contribution is 6.37. The van der Waals surface area contributed by atoms with Gasteiger partial charge in [-0.15, -0.1) is 0 Å². The van der Waals surface area contributed by atoms with E-state index >= 15 is 0 Å². The number of ether oxygens (including phenoxy) is 1. The number of nitrogens with zero attached hydrogens (tertiary/aromatic N) is 3. The molecular weight excluding hydrogens is 478 g/mol. The lowest BCUT2D eigenvalue weighted by Gasteiger charge is -2.41. The Balaban J connectivity index is 1.44. The highest BCUT2D eigenvalue weighted by atomic mass is 35.5. The summed E-state index contributed by atoms with van der Waals surface area (Å²) < 4.78 is 5.33. The smallest absolute Gasteiger partial charge is 0.269 e. The van der Waals surface area contributed by atoms with Gasteiger partial charge >= 0.3 is 0 Å². The second kappa shape index (κ2) is 12.0. The Bertz CT molecular complexity index is 1180. The third-order valence-corrected chi connectivity index (χ3v) is 7.54. The molecule has 0 saturated carbocycles. The summed E-state index contributed by atoms with van der Waals surface area (Å²) in [6.07, 6.45) is 2.47. The molecular formula is C28H34ClN3O4. The van der Waals surface area contributed by atoms with Crippen LogP contribution in [0.15, 0.2) is 54.6 Å². The number of hydrogen-bond donors (Lipinski definition) is 1. The summed E-state index contributed by atoms with van der Waals surface area (Å²) in [5.41, 5.74) is 2.09. The quantitative estimate of drug-likeness (QED) is 0.273. The first-order valence-electron chi connectivity index (χ1n) is 12.5. The zero-order chi connectivity index (χ0) is 25.7. The minimum absolute atomic E-state index is 0.0395. The number of unbranched alkanes of at least 4 members (excludes halogenated alkanes) is 1. The van der Waals surface area contributed by atoms with Gasteiger partial charge in [0.1, 0.15) is 5.75 Å². The lowest BCUT2D eigenvalue weighted by Crippen LogP contribution is -2.51. The lowest BCUT2D eigenvalue weighted by molar-refractivity contribution is -0.384. The number of non-ortho nitro benzene ring substituents is 1. The average Bonchev–Trinajstić information content (AvgIpc) is 2.90. The standard InChI is InChI=1S/C28H34ClN3O4/c1-3-4-5-25(28(33)22-8-12-24-21(18-22)9-13-26(36-2)27(24)29)31-16-14-30(15-17-31)19-20-6-10-23(11-7-20)32(34)35/h6-13,18,25,28,33H,3-5,14-17,19H2,1-2H3. The fourth-order valence-corrected chi connectivity index (χ4v) is 5.35. The molecule has 0 aromatic heterocycles. The van der Waals surface area contributed by atoms with E-state index in [1.54, 1.807) is 19.2 Å². The van der Waals surface area contributed by atoms with Crippen molar-refractivity contribution in [1.82, 2.24) is 9.80 Å². The van der Waals surface area contributed by atoms with Gasteiger partial charge in [0.15, 0.2) is 0 Å². The Labute approximate surface area is 217 Å². The first-order valence-corrected chi connectivity index (χ1v) is 12.9. The molecule has 1 N–H and O–H groups in total. The molecule has 0 bridgehead atoms. The van der Waals surface area contributed by atoms with Crippen LogP contribution in [0.1, 0.15) is 43.4 Å². The van der Waals surface area contributed by atoms with Gasteiger partial charge < -0.3 is 9.84 Å². The summed E-state index contributed by atoms with van der Waals surface area (Å²) in [5.74, 6) is 0.643. The zero-order valence-electron chi connectivity index (χ0n) is 20.9. The summed E-state index contributed by atoms with van der Waals surface area (Å²) in [4.78, 5) is 15.3. The minimum Gasteiger partial charge on any atom is -0.495 e. The van der Waals surface area contributed by atoms with Crippen LogP contribution in [-0.2, 0) is 6.54 Å². The average molecular weight is 512 g/mol. The van der Waals surface area contributed by atoms with Crippen LogP contribution in [0.4, 0.5) is 5.69 Å².